The molecule has 1 saturated heterocycles. The molecule has 0 spiro atoms. The van der Waals surface area contributed by atoms with E-state index in [9.17, 15) is 19.2 Å². The highest BCUT2D eigenvalue weighted by molar-refractivity contribution is 5.89. The van der Waals surface area contributed by atoms with Crippen LogP contribution < -0.4 is 0 Å². The zero-order chi connectivity index (χ0) is 21.6. The zero-order valence-electron chi connectivity index (χ0n) is 16.8. The lowest BCUT2D eigenvalue weighted by Crippen LogP contribution is -2.47. The molecule has 0 radical (unpaired) electrons. The van der Waals surface area contributed by atoms with Crippen LogP contribution in [0.4, 0.5) is 0 Å². The van der Waals surface area contributed by atoms with Crippen molar-refractivity contribution < 1.29 is 42.9 Å². The van der Waals surface area contributed by atoms with E-state index in [1.807, 2.05) is 0 Å². The van der Waals surface area contributed by atoms with Crippen LogP contribution in [0.1, 0.15) is 27.7 Å². The maximum atomic E-state index is 12.1. The van der Waals surface area contributed by atoms with Crippen molar-refractivity contribution in [2.75, 3.05) is 19.8 Å². The van der Waals surface area contributed by atoms with Gasteiger partial charge in [0, 0.05) is 27.0 Å². The summed E-state index contributed by atoms with van der Waals surface area (Å²) in [5.74, 6) is -2.22. The third-order valence-corrected chi connectivity index (χ3v) is 4.13. The van der Waals surface area contributed by atoms with Gasteiger partial charge >= 0.3 is 23.9 Å². The molecule has 2 aliphatic heterocycles. The first kappa shape index (κ1) is 22.4. The lowest BCUT2D eigenvalue weighted by atomic mass is 10.1. The summed E-state index contributed by atoms with van der Waals surface area (Å²) in [6, 6.07) is 0. The summed E-state index contributed by atoms with van der Waals surface area (Å²) in [6.45, 7) is 5.54. The van der Waals surface area contributed by atoms with Gasteiger partial charge in [0.15, 0.2) is 18.4 Å². The highest BCUT2D eigenvalue weighted by Crippen LogP contribution is 2.31. The van der Waals surface area contributed by atoms with E-state index in [0.29, 0.717) is 5.57 Å². The zero-order valence-corrected chi connectivity index (χ0v) is 16.8. The number of hydrogen-bond donors (Lipinski definition) is 0. The molecule has 0 aromatic rings. The first-order valence-corrected chi connectivity index (χ1v) is 9.16. The third kappa shape index (κ3) is 6.05. The third-order valence-electron chi connectivity index (χ3n) is 4.13. The molecule has 0 aliphatic carbocycles. The molecular formula is C19H25NO9. The molecule has 0 amide bonds. The van der Waals surface area contributed by atoms with Crippen molar-refractivity contribution in [1.29, 1.82) is 0 Å². The minimum atomic E-state index is -0.997. The van der Waals surface area contributed by atoms with Crippen molar-refractivity contribution in [1.82, 2.24) is 4.90 Å². The van der Waals surface area contributed by atoms with Crippen LogP contribution in [0.5, 0.6) is 0 Å². The predicted molar refractivity (Wildman–Crippen MR) is 97.0 cm³/mol. The summed E-state index contributed by atoms with van der Waals surface area (Å²) in [7, 11) is 0. The Bertz CT molecular complexity index is 714. The largest absolute Gasteiger partial charge is 0.463 e. The maximum absolute atomic E-state index is 12.1. The highest BCUT2D eigenvalue weighted by Gasteiger charge is 2.51. The minimum Gasteiger partial charge on any atom is -0.463 e. The molecule has 2 rings (SSSR count). The van der Waals surface area contributed by atoms with Crippen molar-refractivity contribution in [3.05, 3.63) is 23.9 Å². The van der Waals surface area contributed by atoms with Crippen molar-refractivity contribution in [2.24, 2.45) is 0 Å². The van der Waals surface area contributed by atoms with E-state index in [0.717, 1.165) is 0 Å². The van der Waals surface area contributed by atoms with Crippen molar-refractivity contribution >= 4 is 23.9 Å². The average Bonchev–Trinajstić information content (AvgIpc) is 2.96. The maximum Gasteiger partial charge on any atom is 0.335 e. The molecule has 1 fully saturated rings. The Morgan fingerprint density at radius 1 is 1.03 bits per heavy atom. The van der Waals surface area contributed by atoms with E-state index in [2.05, 4.69) is 0 Å². The monoisotopic (exact) mass is 411 g/mol. The molecule has 0 saturated carbocycles. The fraction of sp³-hybridized carbons (Fsp3) is 0.579. The van der Waals surface area contributed by atoms with Crippen LogP contribution in [0.15, 0.2) is 23.9 Å². The van der Waals surface area contributed by atoms with Crippen LogP contribution in [0.3, 0.4) is 0 Å². The Balaban J connectivity index is 2.25. The topological polar surface area (TPSA) is 118 Å². The van der Waals surface area contributed by atoms with Crippen LogP contribution in [-0.4, -0.2) is 73.1 Å². The van der Waals surface area contributed by atoms with Gasteiger partial charge in [0.2, 0.25) is 0 Å². The molecule has 10 nitrogen and oxygen atoms in total. The van der Waals surface area contributed by atoms with E-state index in [-0.39, 0.29) is 19.8 Å². The molecule has 0 N–H and O–H groups in total. The van der Waals surface area contributed by atoms with E-state index < -0.39 is 48.4 Å². The number of carbonyl (C=O) groups is 4. The molecule has 4 unspecified atom stereocenters. The minimum absolute atomic E-state index is 0.130. The summed E-state index contributed by atoms with van der Waals surface area (Å²) < 4.78 is 26.6. The standard InChI is InChI=1S/C19H25NO9/c1-5-25-19(24)14-7-6-8-20(9-14)18-17(28-13(4)23)16(27-12(3)22)15(29-18)10-26-11(2)21/h6-8,15-18H,5,9-10H2,1-4H3. The molecule has 29 heavy (non-hydrogen) atoms. The van der Waals surface area contributed by atoms with Gasteiger partial charge in [-0.2, -0.15) is 0 Å². The fourth-order valence-electron chi connectivity index (χ4n) is 3.06. The Morgan fingerprint density at radius 2 is 1.69 bits per heavy atom. The summed E-state index contributed by atoms with van der Waals surface area (Å²) in [6.07, 6.45) is 1.17. The summed E-state index contributed by atoms with van der Waals surface area (Å²) in [4.78, 5) is 48.1. The van der Waals surface area contributed by atoms with Gasteiger partial charge in [-0.25, -0.2) is 4.79 Å². The van der Waals surface area contributed by atoms with E-state index in [1.54, 1.807) is 30.2 Å². The summed E-state index contributed by atoms with van der Waals surface area (Å²) in [5, 5.41) is 0. The van der Waals surface area contributed by atoms with Crippen molar-refractivity contribution in [3.63, 3.8) is 0 Å². The SMILES string of the molecule is CCOC(=O)C1=CC=CN(C2OC(COC(C)=O)C(OC(C)=O)C2OC(C)=O)C1. The van der Waals surface area contributed by atoms with Gasteiger partial charge in [-0.05, 0) is 19.1 Å². The predicted octanol–water partition coefficient (Wildman–Crippen LogP) is 0.457. The molecule has 4 atom stereocenters. The normalized spacial score (nSPS) is 25.8. The first-order chi connectivity index (χ1) is 13.7. The highest BCUT2D eigenvalue weighted by atomic mass is 16.7. The van der Waals surface area contributed by atoms with Crippen molar-refractivity contribution in [3.8, 4) is 0 Å². The number of carbonyl (C=O) groups excluding carboxylic acids is 4. The lowest BCUT2D eigenvalue weighted by molar-refractivity contribution is -0.167. The number of rotatable bonds is 7. The van der Waals surface area contributed by atoms with Gasteiger partial charge in [-0.1, -0.05) is 0 Å². The van der Waals surface area contributed by atoms with Gasteiger partial charge < -0.3 is 28.6 Å². The number of ether oxygens (including phenoxy) is 5. The number of hydrogen-bond acceptors (Lipinski definition) is 10. The fourth-order valence-corrected chi connectivity index (χ4v) is 3.06. The van der Waals surface area contributed by atoms with E-state index in [4.69, 9.17) is 23.7 Å². The molecule has 0 aromatic carbocycles. The van der Waals surface area contributed by atoms with Crippen LogP contribution in [0.25, 0.3) is 0 Å². The Labute approximate surface area is 168 Å². The quantitative estimate of drug-likeness (QED) is 0.432. The van der Waals surface area contributed by atoms with E-state index >= 15 is 0 Å². The molecule has 2 heterocycles. The number of allylic oxidation sites excluding steroid dienone is 2. The molecular weight excluding hydrogens is 386 g/mol. The second-order valence-electron chi connectivity index (χ2n) is 6.44. The second kappa shape index (κ2) is 10.1. The van der Waals surface area contributed by atoms with Crippen molar-refractivity contribution in [2.45, 2.75) is 52.2 Å². The van der Waals surface area contributed by atoms with Gasteiger partial charge in [0.05, 0.1) is 18.7 Å². The summed E-state index contributed by atoms with van der Waals surface area (Å²) in [5.41, 5.74) is 0.381. The van der Waals surface area contributed by atoms with Gasteiger partial charge in [0.25, 0.3) is 0 Å². The first-order valence-electron chi connectivity index (χ1n) is 9.16. The van der Waals surface area contributed by atoms with Crippen LogP contribution in [-0.2, 0) is 42.9 Å². The molecule has 0 bridgehead atoms. The van der Waals surface area contributed by atoms with Gasteiger partial charge in [-0.3, -0.25) is 14.4 Å². The molecule has 2 aliphatic rings. The Morgan fingerprint density at radius 3 is 2.28 bits per heavy atom. The smallest absolute Gasteiger partial charge is 0.335 e. The van der Waals surface area contributed by atoms with Gasteiger partial charge in [0.1, 0.15) is 12.7 Å². The van der Waals surface area contributed by atoms with Crippen LogP contribution >= 0.6 is 0 Å². The number of nitrogens with zero attached hydrogens (tertiary/aromatic N) is 1. The average molecular weight is 411 g/mol. The lowest BCUT2D eigenvalue weighted by Gasteiger charge is -2.32. The van der Waals surface area contributed by atoms with Gasteiger partial charge in [-0.15, -0.1) is 0 Å². The van der Waals surface area contributed by atoms with Crippen LogP contribution in [0, 0.1) is 0 Å². The second-order valence-corrected chi connectivity index (χ2v) is 6.44. The Hall–Kier alpha value is -2.88. The van der Waals surface area contributed by atoms with Crippen LogP contribution in [0.2, 0.25) is 0 Å². The van der Waals surface area contributed by atoms with E-state index in [1.165, 1.54) is 20.8 Å². The Kier molecular flexibility index (Phi) is 7.77. The number of esters is 4. The molecule has 10 heteroatoms. The molecule has 160 valence electrons. The summed E-state index contributed by atoms with van der Waals surface area (Å²) >= 11 is 0. The molecule has 0 aromatic heterocycles.